The van der Waals surface area contributed by atoms with Gasteiger partial charge in [0.05, 0.1) is 11.1 Å². The molecule has 3 aliphatic rings. The van der Waals surface area contributed by atoms with Crippen molar-refractivity contribution in [3.8, 4) is 0 Å². The molecule has 0 saturated carbocycles. The van der Waals surface area contributed by atoms with E-state index in [2.05, 4.69) is 28.6 Å². The third-order valence-corrected chi connectivity index (χ3v) is 5.79. The quantitative estimate of drug-likeness (QED) is 0.921. The Morgan fingerprint density at radius 2 is 2.04 bits per heavy atom. The molecule has 2 aromatic rings. The summed E-state index contributed by atoms with van der Waals surface area (Å²) < 4.78 is 2.16. The lowest BCUT2D eigenvalue weighted by molar-refractivity contribution is 0.0621. The number of hydrogen-bond acceptors (Lipinski definition) is 2. The minimum absolute atomic E-state index is 0.00255. The molecule has 1 atom stereocenters. The monoisotopic (exact) mass is 345 g/mol. The lowest BCUT2D eigenvalue weighted by Crippen LogP contribution is -2.57. The van der Waals surface area contributed by atoms with E-state index in [1.807, 2.05) is 18.3 Å². The number of fused-ring (bicyclic) bond motifs is 4. The van der Waals surface area contributed by atoms with Gasteiger partial charge in [-0.3, -0.25) is 4.79 Å². The largest absolute Gasteiger partial charge is 0.348 e. The van der Waals surface area contributed by atoms with Crippen LogP contribution in [0, 0.1) is 5.92 Å². The molecule has 0 unspecified atom stereocenters. The second-order valence-corrected chi connectivity index (χ2v) is 7.86. The van der Waals surface area contributed by atoms with Crippen molar-refractivity contribution in [3.05, 3.63) is 35.0 Å². The summed E-state index contributed by atoms with van der Waals surface area (Å²) >= 11 is 6.31. The SMILES string of the molecule is CC(C)n1ccc2c(C(=O)N[C@@H]3CN4CCC3CC4)cc(Cl)cc21. The zero-order chi connectivity index (χ0) is 16.8. The molecule has 1 aromatic heterocycles. The fourth-order valence-corrected chi connectivity index (χ4v) is 4.45. The summed E-state index contributed by atoms with van der Waals surface area (Å²) in [5.41, 5.74) is 1.71. The van der Waals surface area contributed by atoms with Crippen molar-refractivity contribution in [2.75, 3.05) is 19.6 Å². The Kier molecular flexibility index (Phi) is 4.05. The van der Waals surface area contributed by atoms with Crippen molar-refractivity contribution in [2.45, 2.75) is 38.8 Å². The number of halogens is 1. The van der Waals surface area contributed by atoms with E-state index < -0.39 is 0 Å². The molecule has 24 heavy (non-hydrogen) atoms. The number of nitrogens with zero attached hydrogens (tertiary/aromatic N) is 2. The normalized spacial score (nSPS) is 26.2. The second-order valence-electron chi connectivity index (χ2n) is 7.42. The number of carbonyl (C=O) groups is 1. The van der Waals surface area contributed by atoms with Crippen LogP contribution in [-0.4, -0.2) is 41.1 Å². The fraction of sp³-hybridized carbons (Fsp3) is 0.526. The molecule has 2 bridgehead atoms. The van der Waals surface area contributed by atoms with Crippen molar-refractivity contribution in [1.29, 1.82) is 0 Å². The maximum absolute atomic E-state index is 12.9. The number of rotatable bonds is 3. The topological polar surface area (TPSA) is 37.3 Å². The molecular weight excluding hydrogens is 322 g/mol. The smallest absolute Gasteiger partial charge is 0.252 e. The average molecular weight is 346 g/mol. The third kappa shape index (κ3) is 2.72. The molecule has 4 nitrogen and oxygen atoms in total. The molecule has 1 N–H and O–H groups in total. The van der Waals surface area contributed by atoms with E-state index >= 15 is 0 Å². The summed E-state index contributed by atoms with van der Waals surface area (Å²) in [6, 6.07) is 6.37. The van der Waals surface area contributed by atoms with E-state index in [-0.39, 0.29) is 11.9 Å². The van der Waals surface area contributed by atoms with E-state index in [0.29, 0.717) is 22.5 Å². The Balaban J connectivity index is 1.64. The molecular formula is C19H24ClN3O. The first-order valence-corrected chi connectivity index (χ1v) is 9.24. The number of amides is 1. The van der Waals surface area contributed by atoms with Gasteiger partial charge < -0.3 is 14.8 Å². The Bertz CT molecular complexity index is 774. The number of nitrogens with one attached hydrogen (secondary N) is 1. The van der Waals surface area contributed by atoms with Gasteiger partial charge in [-0.1, -0.05) is 11.6 Å². The van der Waals surface area contributed by atoms with E-state index in [1.54, 1.807) is 6.07 Å². The van der Waals surface area contributed by atoms with Gasteiger partial charge in [0.25, 0.3) is 5.91 Å². The van der Waals surface area contributed by atoms with E-state index in [0.717, 1.165) is 17.4 Å². The number of piperidine rings is 3. The molecule has 128 valence electrons. The molecule has 5 rings (SSSR count). The third-order valence-electron chi connectivity index (χ3n) is 5.58. The summed E-state index contributed by atoms with van der Waals surface area (Å²) in [5, 5.41) is 4.87. The lowest BCUT2D eigenvalue weighted by Gasteiger charge is -2.44. The van der Waals surface area contributed by atoms with E-state index in [9.17, 15) is 4.79 Å². The first-order chi connectivity index (χ1) is 11.5. The highest BCUT2D eigenvalue weighted by Gasteiger charge is 2.35. The Labute approximate surface area is 147 Å². The predicted octanol–water partition coefficient (Wildman–Crippen LogP) is 3.70. The van der Waals surface area contributed by atoms with Crippen molar-refractivity contribution < 1.29 is 4.79 Å². The molecule has 0 radical (unpaired) electrons. The van der Waals surface area contributed by atoms with Crippen LogP contribution in [0.5, 0.6) is 0 Å². The zero-order valence-corrected chi connectivity index (χ0v) is 15.0. The van der Waals surface area contributed by atoms with Crippen LogP contribution in [-0.2, 0) is 0 Å². The number of hydrogen-bond donors (Lipinski definition) is 1. The van der Waals surface area contributed by atoms with Gasteiger partial charge in [-0.15, -0.1) is 0 Å². The first kappa shape index (κ1) is 16.0. The molecule has 4 heterocycles. The summed E-state index contributed by atoms with van der Waals surface area (Å²) in [4.78, 5) is 15.4. The molecule has 1 amide bonds. The number of aromatic nitrogens is 1. The minimum atomic E-state index is 0.00255. The van der Waals surface area contributed by atoms with Gasteiger partial charge in [0.2, 0.25) is 0 Å². The molecule has 3 aliphatic heterocycles. The van der Waals surface area contributed by atoms with Gasteiger partial charge >= 0.3 is 0 Å². The maximum atomic E-state index is 12.9. The summed E-state index contributed by atoms with van der Waals surface area (Å²) in [5.74, 6) is 0.622. The zero-order valence-electron chi connectivity index (χ0n) is 14.3. The summed E-state index contributed by atoms with van der Waals surface area (Å²) in [6.45, 7) is 7.60. The molecule has 0 spiro atoms. The second kappa shape index (κ2) is 6.08. The average Bonchev–Trinajstić information content (AvgIpc) is 2.99. The Morgan fingerprint density at radius 1 is 1.29 bits per heavy atom. The highest BCUT2D eigenvalue weighted by molar-refractivity contribution is 6.32. The van der Waals surface area contributed by atoms with Crippen molar-refractivity contribution >= 4 is 28.4 Å². The molecule has 0 aliphatic carbocycles. The van der Waals surface area contributed by atoms with Crippen molar-refractivity contribution in [2.24, 2.45) is 5.92 Å². The maximum Gasteiger partial charge on any atom is 0.252 e. The van der Waals surface area contributed by atoms with Crippen LogP contribution in [0.15, 0.2) is 24.4 Å². The van der Waals surface area contributed by atoms with Gasteiger partial charge in [-0.25, -0.2) is 0 Å². The lowest BCUT2D eigenvalue weighted by atomic mass is 9.84. The van der Waals surface area contributed by atoms with Crippen LogP contribution in [0.25, 0.3) is 10.9 Å². The molecule has 1 aromatic carbocycles. The van der Waals surface area contributed by atoms with E-state index in [4.69, 9.17) is 11.6 Å². The van der Waals surface area contributed by atoms with E-state index in [1.165, 1.54) is 25.9 Å². The van der Waals surface area contributed by atoms with Crippen molar-refractivity contribution in [3.63, 3.8) is 0 Å². The summed E-state index contributed by atoms with van der Waals surface area (Å²) in [6.07, 6.45) is 4.43. The highest BCUT2D eigenvalue weighted by atomic mass is 35.5. The van der Waals surface area contributed by atoms with Crippen LogP contribution in [0.1, 0.15) is 43.1 Å². The number of benzene rings is 1. The van der Waals surface area contributed by atoms with Gasteiger partial charge in [0.15, 0.2) is 0 Å². The Morgan fingerprint density at radius 3 is 2.67 bits per heavy atom. The van der Waals surface area contributed by atoms with Gasteiger partial charge in [0.1, 0.15) is 0 Å². The van der Waals surface area contributed by atoms with Crippen LogP contribution in [0.4, 0.5) is 0 Å². The number of carbonyl (C=O) groups excluding carboxylic acids is 1. The van der Waals surface area contributed by atoms with Crippen LogP contribution in [0.2, 0.25) is 5.02 Å². The van der Waals surface area contributed by atoms with Gasteiger partial charge in [0, 0.05) is 35.2 Å². The molecule has 5 heteroatoms. The van der Waals surface area contributed by atoms with Crippen LogP contribution < -0.4 is 5.32 Å². The predicted molar refractivity (Wildman–Crippen MR) is 97.8 cm³/mol. The van der Waals surface area contributed by atoms with Gasteiger partial charge in [-0.2, -0.15) is 0 Å². The van der Waals surface area contributed by atoms with Gasteiger partial charge in [-0.05, 0) is 63.9 Å². The fourth-order valence-electron chi connectivity index (χ4n) is 4.24. The van der Waals surface area contributed by atoms with Crippen molar-refractivity contribution in [1.82, 2.24) is 14.8 Å². The Hall–Kier alpha value is -1.52. The minimum Gasteiger partial charge on any atom is -0.348 e. The summed E-state index contributed by atoms with van der Waals surface area (Å²) in [7, 11) is 0. The van der Waals surface area contributed by atoms with Crippen LogP contribution >= 0.6 is 11.6 Å². The standard InChI is InChI=1S/C19H24ClN3O/c1-12(2)23-8-5-15-16(9-14(20)10-18(15)23)19(24)21-17-11-22-6-3-13(17)4-7-22/h5,8-10,12-13,17H,3-4,6-7,11H2,1-2H3,(H,21,24)/t17-/m1/s1. The highest BCUT2D eigenvalue weighted by Crippen LogP contribution is 2.30. The first-order valence-electron chi connectivity index (χ1n) is 8.86. The van der Waals surface area contributed by atoms with Crippen LogP contribution in [0.3, 0.4) is 0 Å². The molecule has 3 fully saturated rings. The molecule has 3 saturated heterocycles.